The Labute approximate surface area is 165 Å². The Morgan fingerprint density at radius 1 is 0.963 bits per heavy atom. The number of anilines is 1. The summed E-state index contributed by atoms with van der Waals surface area (Å²) in [5, 5.41) is 3.59. The van der Waals surface area contributed by atoms with Crippen molar-refractivity contribution in [1.82, 2.24) is 4.90 Å². The lowest BCUT2D eigenvalue weighted by atomic mass is 9.81. The van der Waals surface area contributed by atoms with Crippen molar-refractivity contribution >= 4 is 29.1 Å². The maximum Gasteiger partial charge on any atom is 0.227 e. The number of hydrogen-bond donors (Lipinski definition) is 1. The minimum atomic E-state index is -0.0378. The van der Waals surface area contributed by atoms with Crippen molar-refractivity contribution in [3.63, 3.8) is 0 Å². The van der Waals surface area contributed by atoms with Gasteiger partial charge in [-0.05, 0) is 55.5 Å². The molecule has 0 unspecified atom stereocenters. The molecule has 27 heavy (non-hydrogen) atoms. The smallest absolute Gasteiger partial charge is 0.227 e. The lowest BCUT2D eigenvalue weighted by Gasteiger charge is -2.30. The maximum atomic E-state index is 12.7. The molecule has 0 aliphatic heterocycles. The van der Waals surface area contributed by atoms with E-state index in [1.807, 2.05) is 37.4 Å². The van der Waals surface area contributed by atoms with E-state index < -0.39 is 0 Å². The van der Waals surface area contributed by atoms with Gasteiger partial charge in [0, 0.05) is 36.1 Å². The number of nitrogens with one attached hydrogen (secondary N) is 1. The number of carbonyl (C=O) groups excluding carboxylic acids is 2. The summed E-state index contributed by atoms with van der Waals surface area (Å²) in [5.74, 6) is 0.179. The molecule has 0 aromatic heterocycles. The van der Waals surface area contributed by atoms with Crippen LogP contribution in [0.3, 0.4) is 0 Å². The molecule has 1 saturated carbocycles. The van der Waals surface area contributed by atoms with Crippen molar-refractivity contribution in [3.8, 4) is 0 Å². The van der Waals surface area contributed by atoms with Crippen molar-refractivity contribution in [3.05, 3.63) is 65.2 Å². The molecule has 1 fully saturated rings. The molecule has 5 heteroatoms. The second kappa shape index (κ2) is 9.05. The molecule has 142 valence electrons. The average Bonchev–Trinajstić information content (AvgIpc) is 2.70. The molecule has 1 aliphatic rings. The number of amides is 2. The number of benzene rings is 2. The summed E-state index contributed by atoms with van der Waals surface area (Å²) >= 11 is 5.87. The van der Waals surface area contributed by atoms with Crippen LogP contribution >= 0.6 is 11.6 Å². The molecular weight excluding hydrogens is 360 g/mol. The number of nitrogens with zero attached hydrogens (tertiary/aromatic N) is 1. The zero-order valence-electron chi connectivity index (χ0n) is 15.5. The monoisotopic (exact) mass is 384 g/mol. The molecule has 0 bridgehead atoms. The van der Waals surface area contributed by atoms with Crippen LogP contribution in [0.2, 0.25) is 5.02 Å². The molecule has 2 aromatic rings. The Hall–Kier alpha value is -2.33. The van der Waals surface area contributed by atoms with E-state index in [4.69, 9.17) is 11.6 Å². The summed E-state index contributed by atoms with van der Waals surface area (Å²) in [6.45, 7) is 0.622. The van der Waals surface area contributed by atoms with Gasteiger partial charge in [0.2, 0.25) is 11.8 Å². The Morgan fingerprint density at radius 3 is 2.19 bits per heavy atom. The fourth-order valence-electron chi connectivity index (χ4n) is 3.63. The quantitative estimate of drug-likeness (QED) is 0.809. The van der Waals surface area contributed by atoms with Crippen LogP contribution in [0.4, 0.5) is 5.69 Å². The highest BCUT2D eigenvalue weighted by atomic mass is 35.5. The molecule has 0 atom stereocenters. The van der Waals surface area contributed by atoms with Gasteiger partial charge >= 0.3 is 0 Å². The lowest BCUT2D eigenvalue weighted by molar-refractivity contribution is -0.137. The summed E-state index contributed by atoms with van der Waals surface area (Å²) in [4.78, 5) is 27.0. The zero-order chi connectivity index (χ0) is 19.2. The molecule has 0 radical (unpaired) electrons. The predicted octanol–water partition coefficient (Wildman–Crippen LogP) is 4.74. The van der Waals surface area contributed by atoms with Gasteiger partial charge in [0.05, 0.1) is 0 Å². The average molecular weight is 385 g/mol. The topological polar surface area (TPSA) is 49.4 Å². The minimum absolute atomic E-state index is 0.0123. The van der Waals surface area contributed by atoms with Crippen LogP contribution in [-0.2, 0) is 16.1 Å². The molecule has 4 nitrogen and oxygen atoms in total. The Balaban J connectivity index is 1.48. The fraction of sp³-hybridized carbons (Fsp3) is 0.364. The van der Waals surface area contributed by atoms with Crippen LogP contribution in [0.25, 0.3) is 0 Å². The highest BCUT2D eigenvalue weighted by Crippen LogP contribution is 2.31. The number of rotatable bonds is 5. The van der Waals surface area contributed by atoms with E-state index in [9.17, 15) is 9.59 Å². The van der Waals surface area contributed by atoms with Crippen LogP contribution < -0.4 is 5.32 Å². The first-order valence-electron chi connectivity index (χ1n) is 9.38. The maximum absolute atomic E-state index is 12.7. The normalized spacial score (nSPS) is 19.3. The Morgan fingerprint density at radius 2 is 1.56 bits per heavy atom. The van der Waals surface area contributed by atoms with E-state index in [-0.39, 0.29) is 23.7 Å². The molecule has 0 spiro atoms. The van der Waals surface area contributed by atoms with Crippen LogP contribution in [0.1, 0.15) is 31.2 Å². The third-order valence-electron chi connectivity index (χ3n) is 5.20. The molecule has 2 aromatic carbocycles. The van der Waals surface area contributed by atoms with Gasteiger partial charge in [0.1, 0.15) is 0 Å². The van der Waals surface area contributed by atoms with E-state index in [1.165, 1.54) is 0 Å². The molecule has 0 saturated heterocycles. The van der Waals surface area contributed by atoms with Crippen molar-refractivity contribution in [1.29, 1.82) is 0 Å². The van der Waals surface area contributed by atoms with Crippen LogP contribution in [-0.4, -0.2) is 23.8 Å². The highest BCUT2D eigenvalue weighted by Gasteiger charge is 2.31. The zero-order valence-corrected chi connectivity index (χ0v) is 16.3. The molecule has 1 N–H and O–H groups in total. The molecule has 1 aliphatic carbocycles. The Kier molecular flexibility index (Phi) is 6.51. The second-order valence-electron chi connectivity index (χ2n) is 7.22. The van der Waals surface area contributed by atoms with E-state index in [2.05, 4.69) is 5.32 Å². The largest absolute Gasteiger partial charge is 0.341 e. The number of hydrogen-bond acceptors (Lipinski definition) is 2. The van der Waals surface area contributed by atoms with Crippen molar-refractivity contribution in [2.24, 2.45) is 11.8 Å². The van der Waals surface area contributed by atoms with Gasteiger partial charge in [0.25, 0.3) is 0 Å². The van der Waals surface area contributed by atoms with E-state index in [1.54, 1.807) is 29.2 Å². The van der Waals surface area contributed by atoms with Crippen LogP contribution in [0, 0.1) is 11.8 Å². The standard InChI is InChI=1S/C22H25ClN2O2/c1-25(15-16-5-3-2-4-6-16)22(27)18-9-7-17(8-10-18)21(26)24-20-13-11-19(23)12-14-20/h2-6,11-14,17-18H,7-10,15H2,1H3,(H,24,26). The van der Waals surface area contributed by atoms with Crippen molar-refractivity contribution in [2.75, 3.05) is 12.4 Å². The van der Waals surface area contributed by atoms with Gasteiger partial charge < -0.3 is 10.2 Å². The summed E-state index contributed by atoms with van der Waals surface area (Å²) in [6.07, 6.45) is 3.01. The molecular formula is C22H25ClN2O2. The molecule has 3 rings (SSSR count). The first kappa shape index (κ1) is 19.4. The lowest BCUT2D eigenvalue weighted by Crippen LogP contribution is -2.36. The van der Waals surface area contributed by atoms with Crippen molar-refractivity contribution < 1.29 is 9.59 Å². The minimum Gasteiger partial charge on any atom is -0.341 e. The first-order valence-corrected chi connectivity index (χ1v) is 9.76. The van der Waals surface area contributed by atoms with Gasteiger partial charge in [-0.15, -0.1) is 0 Å². The SMILES string of the molecule is CN(Cc1ccccc1)C(=O)C1CCC(C(=O)Nc2ccc(Cl)cc2)CC1. The van der Waals surface area contributed by atoms with E-state index in [0.29, 0.717) is 11.6 Å². The van der Waals surface area contributed by atoms with Gasteiger partial charge in [-0.25, -0.2) is 0 Å². The van der Waals surface area contributed by atoms with Gasteiger partial charge in [-0.1, -0.05) is 41.9 Å². The first-order chi connectivity index (χ1) is 13.0. The van der Waals surface area contributed by atoms with Gasteiger partial charge in [-0.3, -0.25) is 9.59 Å². The summed E-state index contributed by atoms with van der Waals surface area (Å²) in [6, 6.07) is 17.1. The number of carbonyl (C=O) groups is 2. The highest BCUT2D eigenvalue weighted by molar-refractivity contribution is 6.30. The fourth-order valence-corrected chi connectivity index (χ4v) is 3.75. The third-order valence-corrected chi connectivity index (χ3v) is 5.45. The van der Waals surface area contributed by atoms with Gasteiger partial charge in [-0.2, -0.15) is 0 Å². The number of halogens is 1. The third kappa shape index (κ3) is 5.33. The van der Waals surface area contributed by atoms with Crippen molar-refractivity contribution in [2.45, 2.75) is 32.2 Å². The van der Waals surface area contributed by atoms with Crippen LogP contribution in [0.15, 0.2) is 54.6 Å². The molecule has 0 heterocycles. The predicted molar refractivity (Wildman–Crippen MR) is 108 cm³/mol. The Bertz CT molecular complexity index is 769. The summed E-state index contributed by atoms with van der Waals surface area (Å²) in [7, 11) is 1.86. The van der Waals surface area contributed by atoms with E-state index >= 15 is 0 Å². The van der Waals surface area contributed by atoms with E-state index in [0.717, 1.165) is 36.9 Å². The van der Waals surface area contributed by atoms with Gasteiger partial charge in [0.15, 0.2) is 0 Å². The van der Waals surface area contributed by atoms with Crippen LogP contribution in [0.5, 0.6) is 0 Å². The summed E-state index contributed by atoms with van der Waals surface area (Å²) in [5.41, 5.74) is 1.88. The molecule has 2 amide bonds. The summed E-state index contributed by atoms with van der Waals surface area (Å²) < 4.78 is 0. The second-order valence-corrected chi connectivity index (χ2v) is 7.66.